The molecule has 0 aromatic carbocycles. The standard InChI is InChI=1S/C11H10N6/c1-6-2-3-7(4-13-6)10-16-8-9(12)14-5-15-11(8)17-10/h2-5H,1H3,(H3,12,14,15,16,17). The number of aromatic amines is 1. The number of imidazole rings is 1. The van der Waals surface area contributed by atoms with E-state index in [9.17, 15) is 0 Å². The number of hydrogen-bond donors (Lipinski definition) is 2. The van der Waals surface area contributed by atoms with Crippen LogP contribution in [-0.2, 0) is 0 Å². The Hall–Kier alpha value is -2.50. The van der Waals surface area contributed by atoms with Crippen LogP contribution in [0.15, 0.2) is 24.7 Å². The Balaban J connectivity index is 2.18. The molecule has 0 aliphatic carbocycles. The minimum absolute atomic E-state index is 0.397. The zero-order valence-corrected chi connectivity index (χ0v) is 9.18. The predicted molar refractivity (Wildman–Crippen MR) is 64.1 cm³/mol. The van der Waals surface area contributed by atoms with Gasteiger partial charge in [-0.2, -0.15) is 0 Å². The summed E-state index contributed by atoms with van der Waals surface area (Å²) in [6, 6.07) is 3.88. The first-order valence-corrected chi connectivity index (χ1v) is 5.13. The number of rotatable bonds is 1. The van der Waals surface area contributed by atoms with Gasteiger partial charge in [-0.3, -0.25) is 4.98 Å². The maximum atomic E-state index is 5.73. The second-order valence-electron chi connectivity index (χ2n) is 3.73. The van der Waals surface area contributed by atoms with Crippen molar-refractivity contribution < 1.29 is 0 Å². The van der Waals surface area contributed by atoms with Crippen LogP contribution in [0.25, 0.3) is 22.6 Å². The van der Waals surface area contributed by atoms with E-state index < -0.39 is 0 Å². The van der Waals surface area contributed by atoms with E-state index in [0.29, 0.717) is 22.8 Å². The highest BCUT2D eigenvalue weighted by atomic mass is 15.0. The first-order valence-electron chi connectivity index (χ1n) is 5.13. The maximum Gasteiger partial charge on any atom is 0.183 e. The molecule has 0 saturated carbocycles. The van der Waals surface area contributed by atoms with Crippen LogP contribution in [-0.4, -0.2) is 24.9 Å². The van der Waals surface area contributed by atoms with Crippen molar-refractivity contribution in [3.8, 4) is 11.4 Å². The Bertz CT molecular complexity index is 670. The summed E-state index contributed by atoms with van der Waals surface area (Å²) in [6.07, 6.45) is 3.16. The Labute approximate surface area is 97.0 Å². The molecule has 3 aromatic heterocycles. The molecular formula is C11H10N6. The van der Waals surface area contributed by atoms with Gasteiger partial charge in [0.1, 0.15) is 17.7 Å². The molecule has 0 fully saturated rings. The monoisotopic (exact) mass is 226 g/mol. The van der Waals surface area contributed by atoms with Gasteiger partial charge in [-0.1, -0.05) is 0 Å². The number of nitrogen functional groups attached to an aromatic ring is 1. The average molecular weight is 226 g/mol. The minimum atomic E-state index is 0.397. The second kappa shape index (κ2) is 3.51. The largest absolute Gasteiger partial charge is 0.382 e. The molecule has 3 aromatic rings. The quantitative estimate of drug-likeness (QED) is 0.652. The highest BCUT2D eigenvalue weighted by molar-refractivity contribution is 5.84. The first-order chi connectivity index (χ1) is 8.24. The summed E-state index contributed by atoms with van der Waals surface area (Å²) < 4.78 is 0. The molecule has 0 saturated heterocycles. The van der Waals surface area contributed by atoms with E-state index >= 15 is 0 Å². The zero-order valence-electron chi connectivity index (χ0n) is 9.18. The van der Waals surface area contributed by atoms with Gasteiger partial charge in [0.2, 0.25) is 0 Å². The van der Waals surface area contributed by atoms with Crippen molar-refractivity contribution in [3.05, 3.63) is 30.4 Å². The van der Waals surface area contributed by atoms with Crippen LogP contribution in [0.5, 0.6) is 0 Å². The minimum Gasteiger partial charge on any atom is -0.382 e. The molecular weight excluding hydrogens is 216 g/mol. The lowest BCUT2D eigenvalue weighted by Crippen LogP contribution is -1.91. The number of fused-ring (bicyclic) bond motifs is 1. The SMILES string of the molecule is Cc1ccc(-c2nc3ncnc(N)c3[nH]2)cn1. The van der Waals surface area contributed by atoms with Gasteiger partial charge >= 0.3 is 0 Å². The van der Waals surface area contributed by atoms with Gasteiger partial charge in [0.15, 0.2) is 11.5 Å². The molecule has 0 unspecified atom stereocenters. The maximum absolute atomic E-state index is 5.73. The molecule has 0 spiro atoms. The highest BCUT2D eigenvalue weighted by Gasteiger charge is 2.08. The second-order valence-corrected chi connectivity index (χ2v) is 3.73. The zero-order chi connectivity index (χ0) is 11.8. The normalized spacial score (nSPS) is 10.9. The molecule has 0 bridgehead atoms. The summed E-state index contributed by atoms with van der Waals surface area (Å²) in [6.45, 7) is 1.94. The number of pyridine rings is 1. The Morgan fingerprint density at radius 2 is 2.06 bits per heavy atom. The van der Waals surface area contributed by atoms with E-state index in [0.717, 1.165) is 11.3 Å². The van der Waals surface area contributed by atoms with E-state index in [-0.39, 0.29) is 0 Å². The van der Waals surface area contributed by atoms with Crippen molar-refractivity contribution in [2.45, 2.75) is 6.92 Å². The molecule has 84 valence electrons. The summed E-state index contributed by atoms with van der Waals surface area (Å²) in [7, 11) is 0. The van der Waals surface area contributed by atoms with E-state index in [4.69, 9.17) is 5.73 Å². The molecule has 3 heterocycles. The topological polar surface area (TPSA) is 93.4 Å². The number of nitrogens with two attached hydrogens (primary N) is 1. The van der Waals surface area contributed by atoms with Crippen molar-refractivity contribution in [2.24, 2.45) is 0 Å². The number of hydrogen-bond acceptors (Lipinski definition) is 5. The molecule has 0 amide bonds. The Morgan fingerprint density at radius 1 is 1.18 bits per heavy atom. The van der Waals surface area contributed by atoms with Crippen molar-refractivity contribution in [2.75, 3.05) is 5.73 Å². The molecule has 0 radical (unpaired) electrons. The fraction of sp³-hybridized carbons (Fsp3) is 0.0909. The molecule has 6 heteroatoms. The third-order valence-corrected chi connectivity index (χ3v) is 2.50. The lowest BCUT2D eigenvalue weighted by atomic mass is 10.2. The molecule has 3 rings (SSSR count). The molecule has 3 N–H and O–H groups in total. The van der Waals surface area contributed by atoms with Crippen LogP contribution >= 0.6 is 0 Å². The van der Waals surface area contributed by atoms with Crippen LogP contribution in [0.4, 0.5) is 5.82 Å². The highest BCUT2D eigenvalue weighted by Crippen LogP contribution is 2.20. The number of anilines is 1. The van der Waals surface area contributed by atoms with Crippen molar-refractivity contribution >= 4 is 17.0 Å². The fourth-order valence-corrected chi connectivity index (χ4v) is 1.59. The summed E-state index contributed by atoms with van der Waals surface area (Å²) in [5.41, 5.74) is 8.81. The molecule has 0 aliphatic heterocycles. The van der Waals surface area contributed by atoms with Gasteiger partial charge in [-0.25, -0.2) is 15.0 Å². The number of nitrogens with zero attached hydrogens (tertiary/aromatic N) is 4. The molecule has 6 nitrogen and oxygen atoms in total. The van der Waals surface area contributed by atoms with Crippen LogP contribution < -0.4 is 5.73 Å². The van der Waals surface area contributed by atoms with Gasteiger partial charge < -0.3 is 10.7 Å². The summed E-state index contributed by atoms with van der Waals surface area (Å²) in [4.78, 5) is 19.6. The third kappa shape index (κ3) is 1.59. The number of aryl methyl sites for hydroxylation is 1. The lowest BCUT2D eigenvalue weighted by Gasteiger charge is -1.95. The average Bonchev–Trinajstić information content (AvgIpc) is 2.75. The fourth-order valence-electron chi connectivity index (χ4n) is 1.59. The van der Waals surface area contributed by atoms with Crippen LogP contribution in [0.3, 0.4) is 0 Å². The molecule has 17 heavy (non-hydrogen) atoms. The van der Waals surface area contributed by atoms with Crippen molar-refractivity contribution in [1.82, 2.24) is 24.9 Å². The number of aromatic nitrogens is 5. The van der Waals surface area contributed by atoms with Gasteiger partial charge in [0.05, 0.1) is 0 Å². The van der Waals surface area contributed by atoms with Gasteiger partial charge in [-0.05, 0) is 19.1 Å². The summed E-state index contributed by atoms with van der Waals surface area (Å²) >= 11 is 0. The van der Waals surface area contributed by atoms with E-state index in [1.807, 2.05) is 19.1 Å². The van der Waals surface area contributed by atoms with Gasteiger partial charge in [-0.15, -0.1) is 0 Å². The van der Waals surface area contributed by atoms with Gasteiger partial charge in [0.25, 0.3) is 0 Å². The van der Waals surface area contributed by atoms with Crippen molar-refractivity contribution in [1.29, 1.82) is 0 Å². The molecule has 0 atom stereocenters. The number of nitrogens with one attached hydrogen (secondary N) is 1. The van der Waals surface area contributed by atoms with Crippen LogP contribution in [0.2, 0.25) is 0 Å². The smallest absolute Gasteiger partial charge is 0.183 e. The first kappa shape index (κ1) is 9.71. The van der Waals surface area contributed by atoms with Gasteiger partial charge in [0, 0.05) is 17.5 Å². The Morgan fingerprint density at radius 3 is 2.76 bits per heavy atom. The van der Waals surface area contributed by atoms with E-state index in [1.54, 1.807) is 6.20 Å². The third-order valence-electron chi connectivity index (χ3n) is 2.50. The number of H-pyrrole nitrogens is 1. The van der Waals surface area contributed by atoms with Crippen molar-refractivity contribution in [3.63, 3.8) is 0 Å². The van der Waals surface area contributed by atoms with Crippen LogP contribution in [0, 0.1) is 6.92 Å². The molecule has 0 aliphatic rings. The lowest BCUT2D eigenvalue weighted by molar-refractivity contribution is 1.18. The summed E-state index contributed by atoms with van der Waals surface area (Å²) in [5.74, 6) is 1.09. The van der Waals surface area contributed by atoms with Crippen LogP contribution in [0.1, 0.15) is 5.69 Å². The Kier molecular flexibility index (Phi) is 2.01. The predicted octanol–water partition coefficient (Wildman–Crippen LogP) is 1.31. The van der Waals surface area contributed by atoms with E-state index in [1.165, 1.54) is 6.33 Å². The van der Waals surface area contributed by atoms with E-state index in [2.05, 4.69) is 24.9 Å². The summed E-state index contributed by atoms with van der Waals surface area (Å²) in [5, 5.41) is 0.